The Labute approximate surface area is 103 Å². The van der Waals surface area contributed by atoms with E-state index in [1.54, 1.807) is 13.8 Å². The Balaban J connectivity index is 3.47. The summed E-state index contributed by atoms with van der Waals surface area (Å²) in [5.74, 6) is 0.0392. The highest BCUT2D eigenvalue weighted by molar-refractivity contribution is 6.31. The van der Waals surface area contributed by atoms with Crippen LogP contribution in [0.25, 0.3) is 0 Å². The SMILES string of the molecule is COc1cc(C(F)(F)F)cc(Cl)c1C(C)(C)N. The van der Waals surface area contributed by atoms with E-state index in [9.17, 15) is 13.2 Å². The van der Waals surface area contributed by atoms with E-state index < -0.39 is 17.3 Å². The van der Waals surface area contributed by atoms with Gasteiger partial charge in [-0.25, -0.2) is 0 Å². The number of alkyl halides is 3. The Bertz CT molecular complexity index is 424. The maximum absolute atomic E-state index is 12.6. The summed E-state index contributed by atoms with van der Waals surface area (Å²) < 4.78 is 42.6. The largest absolute Gasteiger partial charge is 0.496 e. The molecule has 0 radical (unpaired) electrons. The van der Waals surface area contributed by atoms with E-state index in [0.717, 1.165) is 12.1 Å². The van der Waals surface area contributed by atoms with Crippen LogP contribution in [0.5, 0.6) is 5.75 Å². The van der Waals surface area contributed by atoms with Crippen LogP contribution in [-0.2, 0) is 11.7 Å². The monoisotopic (exact) mass is 267 g/mol. The van der Waals surface area contributed by atoms with Gasteiger partial charge in [0.15, 0.2) is 0 Å². The molecule has 2 N–H and O–H groups in total. The summed E-state index contributed by atoms with van der Waals surface area (Å²) in [6, 6.07) is 1.75. The van der Waals surface area contributed by atoms with Crippen LogP contribution in [0.15, 0.2) is 12.1 Å². The fourth-order valence-electron chi connectivity index (χ4n) is 1.53. The Morgan fingerprint density at radius 2 is 1.76 bits per heavy atom. The van der Waals surface area contributed by atoms with Crippen LogP contribution in [0.3, 0.4) is 0 Å². The van der Waals surface area contributed by atoms with E-state index in [0.29, 0.717) is 5.56 Å². The van der Waals surface area contributed by atoms with Gasteiger partial charge in [0, 0.05) is 16.1 Å². The maximum Gasteiger partial charge on any atom is 0.416 e. The number of methoxy groups -OCH3 is 1. The molecule has 0 aliphatic carbocycles. The molecule has 0 bridgehead atoms. The van der Waals surface area contributed by atoms with Crippen molar-refractivity contribution in [3.05, 3.63) is 28.3 Å². The van der Waals surface area contributed by atoms with E-state index >= 15 is 0 Å². The van der Waals surface area contributed by atoms with Crippen molar-refractivity contribution in [2.24, 2.45) is 5.73 Å². The van der Waals surface area contributed by atoms with Gasteiger partial charge in [0.05, 0.1) is 12.7 Å². The molecule has 0 aromatic heterocycles. The minimum absolute atomic E-state index is 0.0392. The highest BCUT2D eigenvalue weighted by Crippen LogP contribution is 2.40. The standard InChI is InChI=1S/C11H13ClF3NO/c1-10(2,16)9-7(12)4-6(11(13,14)15)5-8(9)17-3/h4-5H,16H2,1-3H3. The van der Waals surface area contributed by atoms with Crippen LogP contribution in [-0.4, -0.2) is 7.11 Å². The van der Waals surface area contributed by atoms with Crippen molar-refractivity contribution in [1.29, 1.82) is 0 Å². The van der Waals surface area contributed by atoms with E-state index in [1.807, 2.05) is 0 Å². The third kappa shape index (κ3) is 3.04. The quantitative estimate of drug-likeness (QED) is 0.889. The van der Waals surface area contributed by atoms with Crippen molar-refractivity contribution in [3.63, 3.8) is 0 Å². The predicted molar refractivity (Wildman–Crippen MR) is 60.2 cm³/mol. The highest BCUT2D eigenvalue weighted by Gasteiger charge is 2.34. The molecule has 0 atom stereocenters. The third-order valence-electron chi connectivity index (χ3n) is 2.25. The van der Waals surface area contributed by atoms with E-state index in [2.05, 4.69) is 0 Å². The van der Waals surface area contributed by atoms with Crippen molar-refractivity contribution >= 4 is 11.6 Å². The number of hydrogen-bond donors (Lipinski definition) is 1. The minimum Gasteiger partial charge on any atom is -0.496 e. The number of nitrogens with two attached hydrogens (primary N) is 1. The molecule has 0 amide bonds. The summed E-state index contributed by atoms with van der Waals surface area (Å²) in [6.45, 7) is 3.29. The molecule has 1 aromatic carbocycles. The van der Waals surface area contributed by atoms with Crippen LogP contribution in [0.4, 0.5) is 13.2 Å². The smallest absolute Gasteiger partial charge is 0.416 e. The minimum atomic E-state index is -4.46. The molecule has 96 valence electrons. The van der Waals surface area contributed by atoms with Gasteiger partial charge >= 0.3 is 6.18 Å². The Morgan fingerprint density at radius 3 is 2.12 bits per heavy atom. The summed E-state index contributed by atoms with van der Waals surface area (Å²) in [6.07, 6.45) is -4.46. The molecule has 2 nitrogen and oxygen atoms in total. The summed E-state index contributed by atoms with van der Waals surface area (Å²) >= 11 is 5.84. The molecule has 6 heteroatoms. The van der Waals surface area contributed by atoms with E-state index in [4.69, 9.17) is 22.1 Å². The van der Waals surface area contributed by atoms with Crippen molar-refractivity contribution in [3.8, 4) is 5.75 Å². The molecule has 0 aliphatic heterocycles. The van der Waals surface area contributed by atoms with Gasteiger partial charge in [0.1, 0.15) is 5.75 Å². The lowest BCUT2D eigenvalue weighted by atomic mass is 9.93. The first-order valence-corrected chi connectivity index (χ1v) is 5.19. The second-order valence-corrected chi connectivity index (χ2v) is 4.66. The average molecular weight is 268 g/mol. The lowest BCUT2D eigenvalue weighted by Crippen LogP contribution is -2.30. The van der Waals surface area contributed by atoms with Gasteiger partial charge in [-0.15, -0.1) is 0 Å². The number of benzene rings is 1. The van der Waals surface area contributed by atoms with Crippen molar-refractivity contribution in [2.75, 3.05) is 7.11 Å². The second-order valence-electron chi connectivity index (χ2n) is 4.25. The normalized spacial score (nSPS) is 12.7. The van der Waals surface area contributed by atoms with Gasteiger partial charge in [-0.05, 0) is 26.0 Å². The van der Waals surface area contributed by atoms with Crippen LogP contribution in [0, 0.1) is 0 Å². The molecule has 0 unspecified atom stereocenters. The van der Waals surface area contributed by atoms with Crippen molar-refractivity contribution in [1.82, 2.24) is 0 Å². The van der Waals surface area contributed by atoms with E-state index in [1.165, 1.54) is 7.11 Å². The van der Waals surface area contributed by atoms with Crippen molar-refractivity contribution < 1.29 is 17.9 Å². The molecule has 0 aliphatic rings. The summed E-state index contributed by atoms with van der Waals surface area (Å²) in [5, 5.41) is -0.0517. The first-order chi connectivity index (χ1) is 7.57. The molecule has 1 rings (SSSR count). The molecule has 1 aromatic rings. The summed E-state index contributed by atoms with van der Waals surface area (Å²) in [5.41, 5.74) is 4.47. The molecule has 0 fully saturated rings. The lowest BCUT2D eigenvalue weighted by molar-refractivity contribution is -0.137. The first-order valence-electron chi connectivity index (χ1n) is 4.81. The molecular weight excluding hydrogens is 255 g/mol. The van der Waals surface area contributed by atoms with E-state index in [-0.39, 0.29) is 10.8 Å². The second kappa shape index (κ2) is 4.38. The molecule has 0 saturated carbocycles. The van der Waals surface area contributed by atoms with Crippen LogP contribution >= 0.6 is 11.6 Å². The first kappa shape index (κ1) is 14.1. The van der Waals surface area contributed by atoms with Crippen LogP contribution in [0.2, 0.25) is 5.02 Å². The molecule has 0 saturated heterocycles. The zero-order valence-electron chi connectivity index (χ0n) is 9.65. The molecule has 0 heterocycles. The lowest BCUT2D eigenvalue weighted by Gasteiger charge is -2.24. The highest BCUT2D eigenvalue weighted by atomic mass is 35.5. The Hall–Kier alpha value is -0.940. The topological polar surface area (TPSA) is 35.2 Å². The summed E-state index contributed by atoms with van der Waals surface area (Å²) in [7, 11) is 1.28. The van der Waals surface area contributed by atoms with Crippen LogP contribution < -0.4 is 10.5 Å². The fraction of sp³-hybridized carbons (Fsp3) is 0.455. The van der Waals surface area contributed by atoms with Gasteiger partial charge in [0.25, 0.3) is 0 Å². The Morgan fingerprint density at radius 1 is 1.24 bits per heavy atom. The maximum atomic E-state index is 12.6. The zero-order chi connectivity index (χ0) is 13.4. The van der Waals surface area contributed by atoms with Gasteiger partial charge in [-0.3, -0.25) is 0 Å². The van der Waals surface area contributed by atoms with Gasteiger partial charge < -0.3 is 10.5 Å². The average Bonchev–Trinajstić information content (AvgIpc) is 2.12. The molecule has 0 spiro atoms. The number of hydrogen-bond acceptors (Lipinski definition) is 2. The fourth-order valence-corrected chi connectivity index (χ4v) is 1.99. The summed E-state index contributed by atoms with van der Waals surface area (Å²) in [4.78, 5) is 0. The van der Waals surface area contributed by atoms with Crippen LogP contribution in [0.1, 0.15) is 25.0 Å². The number of rotatable bonds is 2. The number of halogens is 4. The van der Waals surface area contributed by atoms with Crippen molar-refractivity contribution in [2.45, 2.75) is 25.6 Å². The van der Waals surface area contributed by atoms with Gasteiger partial charge in [-0.1, -0.05) is 11.6 Å². The third-order valence-corrected chi connectivity index (χ3v) is 2.54. The number of ether oxygens (including phenoxy) is 1. The molecule has 17 heavy (non-hydrogen) atoms. The Kier molecular flexibility index (Phi) is 3.64. The molecular formula is C11H13ClF3NO. The van der Waals surface area contributed by atoms with Gasteiger partial charge in [0.2, 0.25) is 0 Å². The predicted octanol–water partition coefficient (Wildman–Crippen LogP) is 3.56. The zero-order valence-corrected chi connectivity index (χ0v) is 10.4. The van der Waals surface area contributed by atoms with Gasteiger partial charge in [-0.2, -0.15) is 13.2 Å².